The molecule has 0 amide bonds. The van der Waals surface area contributed by atoms with Gasteiger partial charge in [-0.1, -0.05) is 194 Å². The molecule has 11 rings (SSSR count). The second kappa shape index (κ2) is 12.9. The minimum Gasteiger partial charge on any atom is -0.309 e. The van der Waals surface area contributed by atoms with Crippen LogP contribution in [-0.2, 0) is 5.41 Å². The first-order valence-corrected chi connectivity index (χ1v) is 19.0. The number of hydrogen-bond acceptors (Lipinski definition) is 3. The van der Waals surface area contributed by atoms with Crippen LogP contribution < -0.4 is 0 Å². The third-order valence-corrected chi connectivity index (χ3v) is 11.4. The molecule has 0 saturated heterocycles. The smallest absolute Gasteiger partial charge is 0.164 e. The van der Waals surface area contributed by atoms with Crippen molar-refractivity contribution in [1.82, 2.24) is 19.5 Å². The molecule has 0 fully saturated rings. The molecule has 8 aromatic carbocycles. The molecule has 1 atom stereocenters. The summed E-state index contributed by atoms with van der Waals surface area (Å²) < 4.78 is 2.48. The van der Waals surface area contributed by atoms with E-state index in [0.29, 0.717) is 17.5 Å². The first-order chi connectivity index (χ1) is 27.8. The van der Waals surface area contributed by atoms with Gasteiger partial charge in [-0.2, -0.15) is 0 Å². The summed E-state index contributed by atoms with van der Waals surface area (Å²) in [6, 6.07) is 73.5. The standard InChI is InChI=1S/C52H34N4/c1-4-17-36(18-5-1)49-53-50(37-19-6-2-7-20-37)55-51(54-49)43-25-11-10-23-40(43)35-31-33-39(34-32-35)52(38-21-8-3-9-22-38)44-27-13-15-30-47(44)56-46-29-14-12-24-41(46)42-26-16-28-45(52)48(42)56/h1-34H. The van der Waals surface area contributed by atoms with Crippen LogP contribution in [0.3, 0.4) is 0 Å². The first kappa shape index (κ1) is 32.0. The van der Waals surface area contributed by atoms with Crippen molar-refractivity contribution in [3.05, 3.63) is 229 Å². The van der Waals surface area contributed by atoms with Crippen LogP contribution in [0.25, 0.3) is 72.8 Å². The van der Waals surface area contributed by atoms with Gasteiger partial charge in [-0.15, -0.1) is 0 Å². The first-order valence-electron chi connectivity index (χ1n) is 19.0. The Hall–Kier alpha value is -7.43. The molecule has 0 radical (unpaired) electrons. The van der Waals surface area contributed by atoms with Gasteiger partial charge in [0.1, 0.15) is 0 Å². The minimum absolute atomic E-state index is 0.566. The second-order valence-corrected chi connectivity index (χ2v) is 14.3. The zero-order valence-corrected chi connectivity index (χ0v) is 30.4. The molecule has 1 aliphatic rings. The van der Waals surface area contributed by atoms with Gasteiger partial charge < -0.3 is 4.57 Å². The fourth-order valence-electron chi connectivity index (χ4n) is 8.94. The van der Waals surface area contributed by atoms with E-state index in [2.05, 4.69) is 150 Å². The average molecular weight is 715 g/mol. The molecule has 0 N–H and O–H groups in total. The normalized spacial score (nSPS) is 14.5. The summed E-state index contributed by atoms with van der Waals surface area (Å²) in [7, 11) is 0. The van der Waals surface area contributed by atoms with Gasteiger partial charge in [-0.3, -0.25) is 0 Å². The van der Waals surface area contributed by atoms with Crippen LogP contribution >= 0.6 is 0 Å². The van der Waals surface area contributed by atoms with E-state index in [9.17, 15) is 0 Å². The minimum atomic E-state index is -0.566. The third-order valence-electron chi connectivity index (χ3n) is 11.4. The topological polar surface area (TPSA) is 43.6 Å². The SMILES string of the molecule is c1ccc(-c2nc(-c3ccccc3)nc(-c3ccccc3-c3ccc(C4(c5ccccc5)c5ccccc5-n5c6ccccc6c6cccc4c65)cc3)n2)cc1. The van der Waals surface area contributed by atoms with Gasteiger partial charge in [0.2, 0.25) is 0 Å². The predicted octanol–water partition coefficient (Wildman–Crippen LogP) is 12.3. The van der Waals surface area contributed by atoms with Gasteiger partial charge in [-0.05, 0) is 45.5 Å². The number of aromatic nitrogens is 4. The summed E-state index contributed by atoms with van der Waals surface area (Å²) in [6.45, 7) is 0. The fraction of sp³-hybridized carbons (Fsp3) is 0.0192. The van der Waals surface area contributed by atoms with Crippen LogP contribution in [0.4, 0.5) is 0 Å². The molecule has 3 heterocycles. The van der Waals surface area contributed by atoms with Crippen molar-refractivity contribution in [2.75, 3.05) is 0 Å². The number of fused-ring (bicyclic) bond motifs is 5. The molecule has 1 unspecified atom stereocenters. The zero-order chi connectivity index (χ0) is 37.1. The Morgan fingerprint density at radius 1 is 0.339 bits per heavy atom. The van der Waals surface area contributed by atoms with Crippen LogP contribution in [0, 0.1) is 0 Å². The van der Waals surface area contributed by atoms with Crippen molar-refractivity contribution >= 4 is 21.8 Å². The number of rotatable bonds is 6. The average Bonchev–Trinajstić information content (AvgIpc) is 3.63. The molecule has 4 nitrogen and oxygen atoms in total. The quantitative estimate of drug-likeness (QED) is 0.172. The summed E-state index contributed by atoms with van der Waals surface area (Å²) in [5, 5.41) is 2.53. The predicted molar refractivity (Wildman–Crippen MR) is 228 cm³/mol. The van der Waals surface area contributed by atoms with Crippen molar-refractivity contribution in [1.29, 1.82) is 0 Å². The van der Waals surface area contributed by atoms with E-state index in [-0.39, 0.29) is 0 Å². The maximum Gasteiger partial charge on any atom is 0.164 e. The van der Waals surface area contributed by atoms with E-state index in [1.807, 2.05) is 60.7 Å². The highest BCUT2D eigenvalue weighted by molar-refractivity contribution is 6.12. The lowest BCUT2D eigenvalue weighted by atomic mass is 9.63. The van der Waals surface area contributed by atoms with Crippen LogP contribution in [0.1, 0.15) is 22.3 Å². The van der Waals surface area contributed by atoms with Gasteiger partial charge in [0.15, 0.2) is 17.5 Å². The molecular weight excluding hydrogens is 681 g/mol. The lowest BCUT2D eigenvalue weighted by molar-refractivity contribution is 0.728. The summed E-state index contributed by atoms with van der Waals surface area (Å²) in [5.41, 5.74) is 13.1. The molecule has 56 heavy (non-hydrogen) atoms. The van der Waals surface area contributed by atoms with Crippen LogP contribution in [-0.4, -0.2) is 19.5 Å². The molecule has 0 bridgehead atoms. The lowest BCUT2D eigenvalue weighted by Gasteiger charge is -2.41. The Morgan fingerprint density at radius 3 is 1.57 bits per heavy atom. The zero-order valence-electron chi connectivity index (χ0n) is 30.4. The maximum atomic E-state index is 5.09. The summed E-state index contributed by atoms with van der Waals surface area (Å²) >= 11 is 0. The van der Waals surface area contributed by atoms with E-state index in [0.717, 1.165) is 27.8 Å². The largest absolute Gasteiger partial charge is 0.309 e. The number of para-hydroxylation sites is 3. The molecule has 10 aromatic rings. The Balaban J connectivity index is 1.12. The number of benzene rings is 8. The van der Waals surface area contributed by atoms with Crippen molar-refractivity contribution in [2.24, 2.45) is 0 Å². The summed E-state index contributed by atoms with van der Waals surface area (Å²) in [5.74, 6) is 1.93. The third kappa shape index (κ3) is 4.83. The van der Waals surface area contributed by atoms with Crippen molar-refractivity contribution in [2.45, 2.75) is 5.41 Å². The molecule has 1 aliphatic heterocycles. The van der Waals surface area contributed by atoms with Crippen molar-refractivity contribution in [3.8, 4) is 51.0 Å². The van der Waals surface area contributed by atoms with Gasteiger partial charge in [-0.25, -0.2) is 15.0 Å². The van der Waals surface area contributed by atoms with Crippen molar-refractivity contribution < 1.29 is 0 Å². The Labute approximate surface area is 325 Å². The maximum absolute atomic E-state index is 5.09. The molecule has 2 aromatic heterocycles. The molecule has 262 valence electrons. The number of hydrogen-bond donors (Lipinski definition) is 0. The van der Waals surface area contributed by atoms with Crippen LogP contribution in [0.15, 0.2) is 206 Å². The van der Waals surface area contributed by atoms with Crippen LogP contribution in [0.2, 0.25) is 0 Å². The molecular formula is C52H34N4. The highest BCUT2D eigenvalue weighted by atomic mass is 15.0. The molecule has 0 aliphatic carbocycles. The second-order valence-electron chi connectivity index (χ2n) is 14.3. The summed E-state index contributed by atoms with van der Waals surface area (Å²) in [4.78, 5) is 15.1. The Morgan fingerprint density at radius 2 is 0.857 bits per heavy atom. The Kier molecular flexibility index (Phi) is 7.36. The van der Waals surface area contributed by atoms with E-state index in [4.69, 9.17) is 15.0 Å². The van der Waals surface area contributed by atoms with Gasteiger partial charge in [0.05, 0.1) is 22.1 Å². The van der Waals surface area contributed by atoms with E-state index >= 15 is 0 Å². The molecule has 4 heteroatoms. The Bertz CT molecular complexity index is 3000. The van der Waals surface area contributed by atoms with Crippen molar-refractivity contribution in [3.63, 3.8) is 0 Å². The van der Waals surface area contributed by atoms with Gasteiger partial charge in [0, 0.05) is 27.5 Å². The van der Waals surface area contributed by atoms with Crippen LogP contribution in [0.5, 0.6) is 0 Å². The fourth-order valence-corrected chi connectivity index (χ4v) is 8.94. The lowest BCUT2D eigenvalue weighted by Crippen LogP contribution is -2.35. The highest BCUT2D eigenvalue weighted by Crippen LogP contribution is 2.54. The van der Waals surface area contributed by atoms with E-state index in [1.54, 1.807) is 0 Å². The van der Waals surface area contributed by atoms with E-state index in [1.165, 1.54) is 49.7 Å². The van der Waals surface area contributed by atoms with Gasteiger partial charge in [0.25, 0.3) is 0 Å². The highest BCUT2D eigenvalue weighted by Gasteiger charge is 2.45. The molecule has 0 saturated carbocycles. The molecule has 0 spiro atoms. The number of nitrogens with zero attached hydrogens (tertiary/aromatic N) is 4. The monoisotopic (exact) mass is 714 g/mol. The van der Waals surface area contributed by atoms with Gasteiger partial charge >= 0.3 is 0 Å². The van der Waals surface area contributed by atoms with E-state index < -0.39 is 5.41 Å². The summed E-state index contributed by atoms with van der Waals surface area (Å²) in [6.07, 6.45) is 0.